The van der Waals surface area contributed by atoms with Crippen LogP contribution in [-0.4, -0.2) is 36.8 Å². The van der Waals surface area contributed by atoms with E-state index in [2.05, 4.69) is 10.1 Å². The third kappa shape index (κ3) is 3.55. The Kier molecular flexibility index (Phi) is 5.20. The number of rotatable bonds is 5. The van der Waals surface area contributed by atoms with Crippen LogP contribution < -0.4 is 14.4 Å². The molecule has 1 aliphatic rings. The van der Waals surface area contributed by atoms with E-state index in [1.54, 1.807) is 19.1 Å². The molecule has 7 heteroatoms. The van der Waals surface area contributed by atoms with E-state index in [9.17, 15) is 4.79 Å². The third-order valence-electron chi connectivity index (χ3n) is 5.31. The summed E-state index contributed by atoms with van der Waals surface area (Å²) >= 11 is 0. The maximum atomic E-state index is 12.4. The Balaban J connectivity index is 1.60. The molecule has 150 valence electrons. The fraction of sp³-hybridized carbons (Fsp3) is 0.318. The van der Waals surface area contributed by atoms with E-state index in [1.165, 1.54) is 0 Å². The monoisotopic (exact) mass is 393 g/mol. The van der Waals surface area contributed by atoms with Gasteiger partial charge in [-0.25, -0.2) is 0 Å². The lowest BCUT2D eigenvalue weighted by Crippen LogP contribution is -2.39. The summed E-state index contributed by atoms with van der Waals surface area (Å²) in [7, 11) is 3.20. The summed E-state index contributed by atoms with van der Waals surface area (Å²) in [6, 6.07) is 13.4. The lowest BCUT2D eigenvalue weighted by atomic mass is 9.96. The normalized spacial score (nSPS) is 16.7. The van der Waals surface area contributed by atoms with E-state index in [0.29, 0.717) is 42.6 Å². The van der Waals surface area contributed by atoms with Gasteiger partial charge in [0.1, 0.15) is 0 Å². The van der Waals surface area contributed by atoms with Crippen molar-refractivity contribution in [1.29, 1.82) is 0 Å². The van der Waals surface area contributed by atoms with Crippen LogP contribution in [0.1, 0.15) is 30.1 Å². The minimum Gasteiger partial charge on any atom is -0.493 e. The lowest BCUT2D eigenvalue weighted by Gasteiger charge is -2.31. The van der Waals surface area contributed by atoms with E-state index in [1.807, 2.05) is 49.4 Å². The van der Waals surface area contributed by atoms with Gasteiger partial charge in [0.25, 0.3) is 5.89 Å². The number of carbonyl (C=O) groups excluding carboxylic acids is 1. The molecule has 0 saturated carbocycles. The summed E-state index contributed by atoms with van der Waals surface area (Å²) in [5, 5.41) is 4.21. The zero-order chi connectivity index (χ0) is 20.4. The van der Waals surface area contributed by atoms with Gasteiger partial charge in [0.2, 0.25) is 5.91 Å². The molecule has 0 aliphatic carbocycles. The van der Waals surface area contributed by atoms with E-state index < -0.39 is 0 Å². The number of methoxy groups -OCH3 is 2. The highest BCUT2D eigenvalue weighted by Gasteiger charge is 2.31. The van der Waals surface area contributed by atoms with Crippen LogP contribution in [0.3, 0.4) is 0 Å². The predicted octanol–water partition coefficient (Wildman–Crippen LogP) is 3.97. The average Bonchev–Trinajstić information content (AvgIpc) is 3.24. The Hall–Kier alpha value is -3.35. The van der Waals surface area contributed by atoms with E-state index >= 15 is 0 Å². The quantitative estimate of drug-likeness (QED) is 0.653. The van der Waals surface area contributed by atoms with Crippen LogP contribution in [0, 0.1) is 6.92 Å². The Morgan fingerprint density at radius 1 is 1.10 bits per heavy atom. The van der Waals surface area contributed by atoms with Crippen LogP contribution in [0.15, 0.2) is 47.0 Å². The number of anilines is 1. The number of benzene rings is 2. The lowest BCUT2D eigenvalue weighted by molar-refractivity contribution is -0.119. The average molecular weight is 393 g/mol. The van der Waals surface area contributed by atoms with Crippen molar-refractivity contribution in [3.05, 3.63) is 53.9 Å². The first kappa shape index (κ1) is 19.0. The highest BCUT2D eigenvalue weighted by molar-refractivity contribution is 5.94. The van der Waals surface area contributed by atoms with Crippen molar-refractivity contribution in [2.75, 3.05) is 25.7 Å². The molecule has 0 radical (unpaired) electrons. The van der Waals surface area contributed by atoms with Crippen LogP contribution in [0.2, 0.25) is 0 Å². The number of hydrogen-bond donors (Lipinski definition) is 0. The fourth-order valence-corrected chi connectivity index (χ4v) is 3.74. The number of aromatic nitrogens is 2. The molecule has 0 spiro atoms. The topological polar surface area (TPSA) is 77.7 Å². The number of hydrogen-bond acceptors (Lipinski definition) is 6. The van der Waals surface area contributed by atoms with Crippen LogP contribution in [0.25, 0.3) is 11.5 Å². The van der Waals surface area contributed by atoms with Gasteiger partial charge < -0.3 is 18.9 Å². The Bertz CT molecular complexity index is 1020. The van der Waals surface area contributed by atoms with Gasteiger partial charge in [0.05, 0.1) is 14.2 Å². The first-order valence-electron chi connectivity index (χ1n) is 9.53. The molecule has 3 aromatic rings. The summed E-state index contributed by atoms with van der Waals surface area (Å²) in [4.78, 5) is 18.8. The molecular formula is C22H23N3O4. The highest BCUT2D eigenvalue weighted by Crippen LogP contribution is 2.37. The molecule has 1 aliphatic heterocycles. The van der Waals surface area contributed by atoms with Crippen LogP contribution in [0.4, 0.5) is 5.69 Å². The minimum absolute atomic E-state index is 0.0193. The summed E-state index contributed by atoms with van der Waals surface area (Å²) in [5.74, 6) is 2.48. The summed E-state index contributed by atoms with van der Waals surface area (Å²) in [6.07, 6.45) is 1.16. The molecule has 1 saturated heterocycles. The van der Waals surface area contributed by atoms with E-state index in [4.69, 9.17) is 14.0 Å². The van der Waals surface area contributed by atoms with Crippen molar-refractivity contribution in [1.82, 2.24) is 10.1 Å². The van der Waals surface area contributed by atoms with Crippen LogP contribution in [-0.2, 0) is 4.79 Å². The standard InChI is InChI=1S/C22H23N3O4/c1-14-17(10-11-18(27-2)20(14)28-3)22-23-21(24-29-22)15-9-12-19(26)25(13-15)16-7-5-4-6-8-16/h4-8,10-11,15H,9,12-13H2,1-3H3. The molecule has 4 rings (SSSR count). The molecule has 0 bridgehead atoms. The second-order valence-corrected chi connectivity index (χ2v) is 7.01. The number of para-hydroxylation sites is 1. The number of piperidine rings is 1. The second-order valence-electron chi connectivity index (χ2n) is 7.01. The minimum atomic E-state index is 0.0193. The molecule has 1 atom stereocenters. The highest BCUT2D eigenvalue weighted by atomic mass is 16.5. The molecule has 1 fully saturated rings. The number of nitrogens with zero attached hydrogens (tertiary/aromatic N) is 3. The van der Waals surface area contributed by atoms with Gasteiger partial charge in [0, 0.05) is 35.7 Å². The largest absolute Gasteiger partial charge is 0.493 e. The number of ether oxygens (including phenoxy) is 2. The number of carbonyl (C=O) groups is 1. The van der Waals surface area contributed by atoms with Crippen molar-refractivity contribution < 1.29 is 18.8 Å². The molecule has 0 N–H and O–H groups in total. The Morgan fingerprint density at radius 3 is 2.62 bits per heavy atom. The predicted molar refractivity (Wildman–Crippen MR) is 108 cm³/mol. The summed E-state index contributed by atoms with van der Waals surface area (Å²) in [5.41, 5.74) is 2.56. The first-order chi connectivity index (χ1) is 14.1. The molecule has 29 heavy (non-hydrogen) atoms. The van der Waals surface area contributed by atoms with Crippen molar-refractivity contribution >= 4 is 11.6 Å². The van der Waals surface area contributed by atoms with Gasteiger partial charge in [-0.15, -0.1) is 0 Å². The van der Waals surface area contributed by atoms with Crippen molar-refractivity contribution in [2.24, 2.45) is 0 Å². The molecule has 2 aromatic carbocycles. The molecular weight excluding hydrogens is 370 g/mol. The Morgan fingerprint density at radius 2 is 1.90 bits per heavy atom. The SMILES string of the molecule is COc1ccc(-c2nc(C3CCC(=O)N(c4ccccc4)C3)no2)c(C)c1OC. The zero-order valence-electron chi connectivity index (χ0n) is 16.7. The van der Waals surface area contributed by atoms with Gasteiger partial charge in [-0.1, -0.05) is 23.4 Å². The van der Waals surface area contributed by atoms with Gasteiger partial charge in [-0.3, -0.25) is 4.79 Å². The van der Waals surface area contributed by atoms with Gasteiger partial charge >= 0.3 is 0 Å². The molecule has 2 heterocycles. The molecule has 1 amide bonds. The summed E-state index contributed by atoms with van der Waals surface area (Å²) < 4.78 is 16.4. The van der Waals surface area contributed by atoms with Gasteiger partial charge in [-0.05, 0) is 37.6 Å². The van der Waals surface area contributed by atoms with Gasteiger partial charge in [-0.2, -0.15) is 4.98 Å². The maximum Gasteiger partial charge on any atom is 0.258 e. The zero-order valence-corrected chi connectivity index (χ0v) is 16.7. The smallest absolute Gasteiger partial charge is 0.258 e. The molecule has 7 nitrogen and oxygen atoms in total. The molecule has 1 unspecified atom stereocenters. The molecule has 1 aromatic heterocycles. The maximum absolute atomic E-state index is 12.4. The second kappa shape index (κ2) is 7.95. The summed E-state index contributed by atoms with van der Waals surface area (Å²) in [6.45, 7) is 2.46. The fourth-order valence-electron chi connectivity index (χ4n) is 3.74. The van der Waals surface area contributed by atoms with E-state index in [0.717, 1.165) is 16.8 Å². The van der Waals surface area contributed by atoms with Crippen molar-refractivity contribution in [2.45, 2.75) is 25.7 Å². The van der Waals surface area contributed by atoms with E-state index in [-0.39, 0.29) is 11.8 Å². The van der Waals surface area contributed by atoms with Gasteiger partial charge in [0.15, 0.2) is 17.3 Å². The first-order valence-corrected chi connectivity index (χ1v) is 9.53. The van der Waals surface area contributed by atoms with Crippen LogP contribution >= 0.6 is 0 Å². The van der Waals surface area contributed by atoms with Crippen molar-refractivity contribution in [3.63, 3.8) is 0 Å². The van der Waals surface area contributed by atoms with Crippen LogP contribution in [0.5, 0.6) is 11.5 Å². The number of amides is 1. The third-order valence-corrected chi connectivity index (χ3v) is 5.31. The van der Waals surface area contributed by atoms with Crippen molar-refractivity contribution in [3.8, 4) is 23.0 Å². The Labute approximate surface area is 169 Å².